The molecule has 0 radical (unpaired) electrons. The summed E-state index contributed by atoms with van der Waals surface area (Å²) >= 11 is 0. The lowest BCUT2D eigenvalue weighted by molar-refractivity contribution is 0.431. The van der Waals surface area contributed by atoms with E-state index in [-0.39, 0.29) is 0 Å². The number of aromatic nitrogens is 3. The van der Waals surface area contributed by atoms with Gasteiger partial charge in [0.1, 0.15) is 5.82 Å². The summed E-state index contributed by atoms with van der Waals surface area (Å²) in [5.74, 6) is 3.23. The highest BCUT2D eigenvalue weighted by Crippen LogP contribution is 2.25. The van der Waals surface area contributed by atoms with E-state index in [1.807, 2.05) is 0 Å². The molecule has 3 nitrogen and oxygen atoms in total. The second-order valence-electron chi connectivity index (χ2n) is 4.25. The van der Waals surface area contributed by atoms with Crippen LogP contribution in [0, 0.1) is 0 Å². The molecular weight excluding hydrogens is 162 g/mol. The van der Waals surface area contributed by atoms with E-state index in [0.29, 0.717) is 11.8 Å². The van der Waals surface area contributed by atoms with Gasteiger partial charge in [-0.1, -0.05) is 20.8 Å². The Bertz CT molecular complexity index is 301. The monoisotopic (exact) mass is 179 g/mol. The lowest BCUT2D eigenvalue weighted by atomic mass is 10.0. The molecule has 1 aliphatic heterocycles. The molecule has 1 aliphatic rings. The molecule has 0 spiro atoms. The molecule has 13 heavy (non-hydrogen) atoms. The number of fused-ring (bicyclic) bond motifs is 1. The van der Waals surface area contributed by atoms with Gasteiger partial charge in [0.05, 0.1) is 0 Å². The Kier molecular flexibility index (Phi) is 2.10. The van der Waals surface area contributed by atoms with Gasteiger partial charge in [0, 0.05) is 18.4 Å². The predicted molar refractivity (Wildman–Crippen MR) is 51.8 cm³/mol. The Morgan fingerprint density at radius 3 is 2.85 bits per heavy atom. The van der Waals surface area contributed by atoms with Crippen LogP contribution in [-0.2, 0) is 6.54 Å². The molecule has 1 aromatic heterocycles. The molecule has 2 rings (SSSR count). The molecule has 0 aliphatic carbocycles. The summed E-state index contributed by atoms with van der Waals surface area (Å²) in [5.41, 5.74) is 0. The summed E-state index contributed by atoms with van der Waals surface area (Å²) < 4.78 is 2.09. The fourth-order valence-electron chi connectivity index (χ4n) is 1.82. The van der Waals surface area contributed by atoms with Crippen LogP contribution in [0.3, 0.4) is 0 Å². The van der Waals surface area contributed by atoms with Crippen molar-refractivity contribution in [2.75, 3.05) is 0 Å². The lowest BCUT2D eigenvalue weighted by Crippen LogP contribution is -2.14. The maximum Gasteiger partial charge on any atom is 0.153 e. The van der Waals surface area contributed by atoms with Crippen LogP contribution >= 0.6 is 0 Å². The van der Waals surface area contributed by atoms with Crippen molar-refractivity contribution in [2.24, 2.45) is 0 Å². The van der Waals surface area contributed by atoms with E-state index in [2.05, 4.69) is 35.5 Å². The van der Waals surface area contributed by atoms with Gasteiger partial charge in [-0.25, -0.2) is 9.67 Å². The molecule has 2 heterocycles. The van der Waals surface area contributed by atoms with E-state index in [4.69, 9.17) is 0 Å². The zero-order valence-corrected chi connectivity index (χ0v) is 8.62. The summed E-state index contributed by atoms with van der Waals surface area (Å²) in [7, 11) is 0. The van der Waals surface area contributed by atoms with Gasteiger partial charge in [0.15, 0.2) is 5.82 Å². The second-order valence-corrected chi connectivity index (χ2v) is 4.25. The first-order valence-electron chi connectivity index (χ1n) is 5.13. The van der Waals surface area contributed by atoms with Crippen LogP contribution in [0.25, 0.3) is 0 Å². The first-order chi connectivity index (χ1) is 6.18. The third kappa shape index (κ3) is 1.47. The quantitative estimate of drug-likeness (QED) is 0.662. The van der Waals surface area contributed by atoms with E-state index in [9.17, 15) is 0 Å². The molecule has 72 valence electrons. The van der Waals surface area contributed by atoms with Crippen molar-refractivity contribution < 1.29 is 0 Å². The van der Waals surface area contributed by atoms with Crippen LogP contribution in [-0.4, -0.2) is 14.8 Å². The van der Waals surface area contributed by atoms with Crippen molar-refractivity contribution in [3.63, 3.8) is 0 Å². The number of aryl methyl sites for hydroxylation is 1. The lowest BCUT2D eigenvalue weighted by Gasteiger charge is -2.17. The molecule has 1 atom stereocenters. The first-order valence-corrected chi connectivity index (χ1v) is 5.13. The average Bonchev–Trinajstić information content (AvgIpc) is 2.49. The van der Waals surface area contributed by atoms with Crippen LogP contribution in [0.15, 0.2) is 0 Å². The van der Waals surface area contributed by atoms with E-state index >= 15 is 0 Å². The fourth-order valence-corrected chi connectivity index (χ4v) is 1.82. The van der Waals surface area contributed by atoms with Gasteiger partial charge in [-0.3, -0.25) is 0 Å². The standard InChI is InChI=1S/C10H17N3/c1-7(2)9-11-10-8(3)5-4-6-13(10)12-9/h7-8H,4-6H2,1-3H3. The van der Waals surface area contributed by atoms with Crippen molar-refractivity contribution >= 4 is 0 Å². The van der Waals surface area contributed by atoms with Crippen molar-refractivity contribution in [1.29, 1.82) is 0 Å². The zero-order valence-electron chi connectivity index (χ0n) is 8.62. The van der Waals surface area contributed by atoms with Crippen molar-refractivity contribution in [3.8, 4) is 0 Å². The third-order valence-corrected chi connectivity index (χ3v) is 2.68. The molecule has 1 unspecified atom stereocenters. The Labute approximate surface area is 79.2 Å². The van der Waals surface area contributed by atoms with Crippen LogP contribution in [0.1, 0.15) is 57.1 Å². The minimum atomic E-state index is 0.449. The van der Waals surface area contributed by atoms with Gasteiger partial charge >= 0.3 is 0 Å². The molecule has 1 aromatic rings. The molecule has 3 heteroatoms. The van der Waals surface area contributed by atoms with Gasteiger partial charge in [-0.05, 0) is 12.8 Å². The normalized spacial score (nSPS) is 22.0. The highest BCUT2D eigenvalue weighted by atomic mass is 15.4. The van der Waals surface area contributed by atoms with Crippen LogP contribution in [0.4, 0.5) is 0 Å². The van der Waals surface area contributed by atoms with Crippen molar-refractivity contribution in [2.45, 2.75) is 52.0 Å². The number of hydrogen-bond acceptors (Lipinski definition) is 2. The molecule has 0 fully saturated rings. The molecule has 0 bridgehead atoms. The SMILES string of the molecule is CC(C)c1nc2n(n1)CCCC2C. The summed E-state index contributed by atoms with van der Waals surface area (Å²) in [6.45, 7) is 7.58. The third-order valence-electron chi connectivity index (χ3n) is 2.68. The molecule has 0 saturated carbocycles. The highest BCUT2D eigenvalue weighted by Gasteiger charge is 2.21. The van der Waals surface area contributed by atoms with E-state index in [0.717, 1.165) is 12.4 Å². The molecule has 0 amide bonds. The Balaban J connectivity index is 2.36. The van der Waals surface area contributed by atoms with Crippen LogP contribution < -0.4 is 0 Å². The minimum Gasteiger partial charge on any atom is -0.250 e. The fraction of sp³-hybridized carbons (Fsp3) is 0.800. The highest BCUT2D eigenvalue weighted by molar-refractivity contribution is 5.03. The summed E-state index contributed by atoms with van der Waals surface area (Å²) in [6.07, 6.45) is 2.51. The molecule has 0 aromatic carbocycles. The Hall–Kier alpha value is -0.860. The van der Waals surface area contributed by atoms with Gasteiger partial charge in [-0.15, -0.1) is 0 Å². The molecule has 0 N–H and O–H groups in total. The molecule has 0 saturated heterocycles. The van der Waals surface area contributed by atoms with Gasteiger partial charge in [0.25, 0.3) is 0 Å². The number of hydrogen-bond donors (Lipinski definition) is 0. The number of nitrogens with zero attached hydrogens (tertiary/aromatic N) is 3. The van der Waals surface area contributed by atoms with Gasteiger partial charge < -0.3 is 0 Å². The Morgan fingerprint density at radius 1 is 1.46 bits per heavy atom. The van der Waals surface area contributed by atoms with Crippen molar-refractivity contribution in [1.82, 2.24) is 14.8 Å². The minimum absolute atomic E-state index is 0.449. The summed E-state index contributed by atoms with van der Waals surface area (Å²) in [6, 6.07) is 0. The second kappa shape index (κ2) is 3.13. The molecular formula is C10H17N3. The summed E-state index contributed by atoms with van der Waals surface area (Å²) in [4.78, 5) is 4.58. The number of rotatable bonds is 1. The van der Waals surface area contributed by atoms with E-state index in [1.54, 1.807) is 0 Å². The summed E-state index contributed by atoms with van der Waals surface area (Å²) in [5, 5.41) is 4.51. The van der Waals surface area contributed by atoms with Crippen molar-refractivity contribution in [3.05, 3.63) is 11.6 Å². The largest absolute Gasteiger partial charge is 0.250 e. The maximum atomic E-state index is 4.58. The topological polar surface area (TPSA) is 30.7 Å². The predicted octanol–water partition coefficient (Wildman–Crippen LogP) is 2.30. The van der Waals surface area contributed by atoms with E-state index < -0.39 is 0 Å². The van der Waals surface area contributed by atoms with E-state index in [1.165, 1.54) is 18.7 Å². The Morgan fingerprint density at radius 2 is 2.23 bits per heavy atom. The maximum absolute atomic E-state index is 4.58. The van der Waals surface area contributed by atoms with Gasteiger partial charge in [0.2, 0.25) is 0 Å². The smallest absolute Gasteiger partial charge is 0.153 e. The zero-order chi connectivity index (χ0) is 9.42. The van der Waals surface area contributed by atoms with Crippen LogP contribution in [0.5, 0.6) is 0 Å². The van der Waals surface area contributed by atoms with Crippen LogP contribution in [0.2, 0.25) is 0 Å². The average molecular weight is 179 g/mol. The van der Waals surface area contributed by atoms with Gasteiger partial charge in [-0.2, -0.15) is 5.10 Å². The first kappa shape index (κ1) is 8.73.